The second kappa shape index (κ2) is 5.03. The number of benzene rings is 1. The van der Waals surface area contributed by atoms with Gasteiger partial charge >= 0.3 is 6.18 Å². The molecular formula is C12H12F3NO. The molecule has 92 valence electrons. The summed E-state index contributed by atoms with van der Waals surface area (Å²) in [6, 6.07) is 5.21. The number of nitrogens with zero attached hydrogens (tertiary/aromatic N) is 1. The number of anilines is 1. The van der Waals surface area contributed by atoms with E-state index in [1.165, 1.54) is 49.3 Å². The first-order valence-electron chi connectivity index (χ1n) is 4.90. The molecule has 1 rings (SSSR count). The van der Waals surface area contributed by atoms with Gasteiger partial charge in [-0.25, -0.2) is 0 Å². The fourth-order valence-electron chi connectivity index (χ4n) is 1.32. The Balaban J connectivity index is 3.10. The number of hydrogen-bond acceptors (Lipinski definition) is 2. The maximum absolute atomic E-state index is 12.7. The van der Waals surface area contributed by atoms with Crippen LogP contribution in [0.2, 0.25) is 0 Å². The smallest absolute Gasteiger partial charge is 0.350 e. The number of allylic oxidation sites excluding steroid dienone is 1. The molecule has 0 unspecified atom stereocenters. The van der Waals surface area contributed by atoms with Crippen molar-refractivity contribution in [1.82, 2.24) is 0 Å². The van der Waals surface area contributed by atoms with Crippen molar-refractivity contribution in [2.24, 2.45) is 0 Å². The van der Waals surface area contributed by atoms with Crippen LogP contribution in [0.4, 0.5) is 18.9 Å². The van der Waals surface area contributed by atoms with Gasteiger partial charge in [0.1, 0.15) is 0 Å². The average molecular weight is 243 g/mol. The largest absolute Gasteiger partial charge is 0.418 e. The van der Waals surface area contributed by atoms with Crippen LogP contribution in [0.15, 0.2) is 36.5 Å². The Morgan fingerprint density at radius 3 is 2.41 bits per heavy atom. The summed E-state index contributed by atoms with van der Waals surface area (Å²) in [6.07, 6.45) is -1.88. The first-order chi connectivity index (χ1) is 7.82. The third kappa shape index (κ3) is 3.62. The van der Waals surface area contributed by atoms with Gasteiger partial charge in [0.05, 0.1) is 11.3 Å². The molecule has 0 bridgehead atoms. The molecule has 17 heavy (non-hydrogen) atoms. The Bertz CT molecular complexity index is 438. The molecule has 0 aliphatic carbocycles. The SMILES string of the molecule is CC(=O)/C=C/N(C)c1ccccc1C(F)(F)F. The van der Waals surface area contributed by atoms with Crippen molar-refractivity contribution < 1.29 is 18.0 Å². The van der Waals surface area contributed by atoms with Crippen LogP contribution < -0.4 is 4.90 Å². The minimum Gasteiger partial charge on any atom is -0.350 e. The van der Waals surface area contributed by atoms with Crippen LogP contribution >= 0.6 is 0 Å². The van der Waals surface area contributed by atoms with E-state index in [9.17, 15) is 18.0 Å². The molecule has 0 spiro atoms. The summed E-state index contributed by atoms with van der Waals surface area (Å²) in [5.74, 6) is -0.221. The van der Waals surface area contributed by atoms with E-state index in [1.54, 1.807) is 0 Å². The van der Waals surface area contributed by atoms with Gasteiger partial charge in [-0.3, -0.25) is 4.79 Å². The predicted molar refractivity (Wildman–Crippen MR) is 59.7 cm³/mol. The van der Waals surface area contributed by atoms with Crippen LogP contribution in [-0.2, 0) is 11.0 Å². The Morgan fingerprint density at radius 2 is 1.88 bits per heavy atom. The summed E-state index contributed by atoms with van der Waals surface area (Å²) >= 11 is 0. The van der Waals surface area contributed by atoms with Crippen LogP contribution in [0.1, 0.15) is 12.5 Å². The number of rotatable bonds is 3. The molecule has 0 aromatic heterocycles. The summed E-state index contributed by atoms with van der Waals surface area (Å²) in [6.45, 7) is 1.33. The van der Waals surface area contributed by atoms with E-state index in [1.807, 2.05) is 0 Å². The highest BCUT2D eigenvalue weighted by atomic mass is 19.4. The van der Waals surface area contributed by atoms with Crippen molar-refractivity contribution in [2.45, 2.75) is 13.1 Å². The van der Waals surface area contributed by atoms with Gasteiger partial charge in [0.15, 0.2) is 5.78 Å². The summed E-state index contributed by atoms with van der Waals surface area (Å²) in [5, 5.41) is 0. The average Bonchev–Trinajstić information content (AvgIpc) is 2.24. The summed E-state index contributed by atoms with van der Waals surface area (Å²) in [7, 11) is 1.46. The maximum atomic E-state index is 12.7. The van der Waals surface area contributed by atoms with E-state index in [0.717, 1.165) is 6.07 Å². The van der Waals surface area contributed by atoms with Gasteiger partial charge < -0.3 is 4.90 Å². The molecule has 0 fully saturated rings. The third-order valence-corrected chi connectivity index (χ3v) is 2.12. The molecule has 1 aromatic rings. The topological polar surface area (TPSA) is 20.3 Å². The standard InChI is InChI=1S/C12H12F3NO/c1-9(17)7-8-16(2)11-6-4-3-5-10(11)12(13,14)15/h3-8H,1-2H3/b8-7+. The molecule has 0 saturated carbocycles. The van der Waals surface area contributed by atoms with E-state index in [-0.39, 0.29) is 11.5 Å². The van der Waals surface area contributed by atoms with E-state index < -0.39 is 11.7 Å². The van der Waals surface area contributed by atoms with Crippen LogP contribution in [0.25, 0.3) is 0 Å². The van der Waals surface area contributed by atoms with Crippen molar-refractivity contribution >= 4 is 11.5 Å². The van der Waals surface area contributed by atoms with Gasteiger partial charge in [0.25, 0.3) is 0 Å². The fourth-order valence-corrected chi connectivity index (χ4v) is 1.32. The lowest BCUT2D eigenvalue weighted by Gasteiger charge is -2.19. The van der Waals surface area contributed by atoms with Gasteiger partial charge in [-0.05, 0) is 25.1 Å². The molecule has 0 saturated heterocycles. The van der Waals surface area contributed by atoms with Crippen molar-refractivity contribution in [3.05, 3.63) is 42.1 Å². The number of alkyl halides is 3. The van der Waals surface area contributed by atoms with Gasteiger partial charge in [0.2, 0.25) is 0 Å². The highest BCUT2D eigenvalue weighted by Crippen LogP contribution is 2.35. The third-order valence-electron chi connectivity index (χ3n) is 2.12. The second-order valence-electron chi connectivity index (χ2n) is 3.55. The number of carbonyl (C=O) groups excluding carboxylic acids is 1. The molecule has 1 aromatic carbocycles. The Hall–Kier alpha value is -1.78. The van der Waals surface area contributed by atoms with Gasteiger partial charge in [0, 0.05) is 13.2 Å². The molecule has 0 radical (unpaired) electrons. The molecule has 0 atom stereocenters. The summed E-state index contributed by atoms with van der Waals surface area (Å²) in [5.41, 5.74) is -0.715. The Kier molecular flexibility index (Phi) is 3.93. The molecule has 5 heteroatoms. The molecule has 2 nitrogen and oxygen atoms in total. The number of halogens is 3. The molecule has 0 N–H and O–H groups in total. The van der Waals surface area contributed by atoms with Crippen molar-refractivity contribution in [1.29, 1.82) is 0 Å². The minimum absolute atomic E-state index is 0.0116. The highest BCUT2D eigenvalue weighted by Gasteiger charge is 2.33. The fraction of sp³-hybridized carbons (Fsp3) is 0.250. The van der Waals surface area contributed by atoms with Gasteiger partial charge in [-0.2, -0.15) is 13.2 Å². The molecule has 0 aliphatic heterocycles. The van der Waals surface area contributed by atoms with Crippen molar-refractivity contribution in [2.75, 3.05) is 11.9 Å². The lowest BCUT2D eigenvalue weighted by molar-refractivity contribution is -0.137. The normalized spacial score (nSPS) is 11.8. The van der Waals surface area contributed by atoms with Crippen LogP contribution in [0.3, 0.4) is 0 Å². The minimum atomic E-state index is -4.41. The van der Waals surface area contributed by atoms with E-state index in [4.69, 9.17) is 0 Å². The maximum Gasteiger partial charge on any atom is 0.418 e. The first-order valence-corrected chi connectivity index (χ1v) is 4.90. The number of carbonyl (C=O) groups is 1. The number of hydrogen-bond donors (Lipinski definition) is 0. The zero-order valence-electron chi connectivity index (χ0n) is 9.45. The zero-order valence-corrected chi connectivity index (χ0v) is 9.45. The predicted octanol–water partition coefficient (Wildman–Crippen LogP) is 3.24. The first kappa shape index (κ1) is 13.3. The Labute approximate surface area is 97.3 Å². The van der Waals surface area contributed by atoms with Crippen molar-refractivity contribution in [3.63, 3.8) is 0 Å². The molecule has 0 aliphatic rings. The van der Waals surface area contributed by atoms with Crippen LogP contribution in [0.5, 0.6) is 0 Å². The van der Waals surface area contributed by atoms with E-state index in [0.29, 0.717) is 0 Å². The molecular weight excluding hydrogens is 231 g/mol. The van der Waals surface area contributed by atoms with E-state index >= 15 is 0 Å². The molecule has 0 amide bonds. The molecule has 0 heterocycles. The highest BCUT2D eigenvalue weighted by molar-refractivity contribution is 5.87. The van der Waals surface area contributed by atoms with Crippen LogP contribution in [0, 0.1) is 0 Å². The van der Waals surface area contributed by atoms with E-state index in [2.05, 4.69) is 0 Å². The van der Waals surface area contributed by atoms with Gasteiger partial charge in [-0.15, -0.1) is 0 Å². The number of para-hydroxylation sites is 1. The monoisotopic (exact) mass is 243 g/mol. The summed E-state index contributed by atoms with van der Waals surface area (Å²) < 4.78 is 38.1. The number of ketones is 1. The second-order valence-corrected chi connectivity index (χ2v) is 3.55. The lowest BCUT2D eigenvalue weighted by Crippen LogP contribution is -2.15. The van der Waals surface area contributed by atoms with Crippen molar-refractivity contribution in [3.8, 4) is 0 Å². The zero-order chi connectivity index (χ0) is 13.1. The summed E-state index contributed by atoms with van der Waals surface area (Å²) in [4.78, 5) is 12.0. The van der Waals surface area contributed by atoms with Gasteiger partial charge in [-0.1, -0.05) is 12.1 Å². The quantitative estimate of drug-likeness (QED) is 0.759. The van der Waals surface area contributed by atoms with Crippen LogP contribution in [-0.4, -0.2) is 12.8 Å². The Morgan fingerprint density at radius 1 is 1.29 bits per heavy atom. The lowest BCUT2D eigenvalue weighted by atomic mass is 10.1.